The molecule has 0 bridgehead atoms. The Bertz CT molecular complexity index is 902. The second-order valence-electron chi connectivity index (χ2n) is 4.41. The lowest BCUT2D eigenvalue weighted by atomic mass is 10.2. The molecule has 0 amide bonds. The first-order valence-corrected chi connectivity index (χ1v) is 6.25. The Morgan fingerprint density at radius 3 is 2.85 bits per heavy atom. The first kappa shape index (κ1) is 12.6. The summed E-state index contributed by atoms with van der Waals surface area (Å²) in [5.74, 6) is -0.950. The second-order valence-corrected chi connectivity index (χ2v) is 4.85. The van der Waals surface area contributed by atoms with Crippen LogP contribution in [-0.2, 0) is 11.2 Å². The molecule has 0 spiro atoms. The van der Waals surface area contributed by atoms with Crippen molar-refractivity contribution in [2.45, 2.75) is 6.42 Å². The number of hydrogen-bond donors (Lipinski definition) is 1. The van der Waals surface area contributed by atoms with E-state index in [9.17, 15) is 9.59 Å². The molecule has 2 aromatic heterocycles. The molecule has 1 N–H and O–H groups in total. The highest BCUT2D eigenvalue weighted by Crippen LogP contribution is 2.16. The van der Waals surface area contributed by atoms with Gasteiger partial charge in [0.2, 0.25) is 0 Å². The molecule has 0 aliphatic heterocycles. The maximum Gasteiger partial charge on any atom is 0.307 e. The predicted molar refractivity (Wildman–Crippen MR) is 75.3 cm³/mol. The van der Waals surface area contributed by atoms with Crippen LogP contribution in [0.25, 0.3) is 16.6 Å². The van der Waals surface area contributed by atoms with E-state index in [1.807, 2.05) is 0 Å². The van der Waals surface area contributed by atoms with Gasteiger partial charge in [0.25, 0.3) is 5.56 Å². The van der Waals surface area contributed by atoms with Gasteiger partial charge < -0.3 is 5.11 Å². The van der Waals surface area contributed by atoms with Gasteiger partial charge in [-0.1, -0.05) is 17.7 Å². The molecular formula is C14H9ClN2O3. The van der Waals surface area contributed by atoms with Crippen LogP contribution in [0.2, 0.25) is 5.02 Å². The zero-order chi connectivity index (χ0) is 14.3. The summed E-state index contributed by atoms with van der Waals surface area (Å²) in [4.78, 5) is 27.5. The fourth-order valence-corrected chi connectivity index (χ4v) is 2.27. The summed E-state index contributed by atoms with van der Waals surface area (Å²) in [5, 5.41) is 9.66. The Hall–Kier alpha value is -2.40. The summed E-state index contributed by atoms with van der Waals surface area (Å²) in [6.07, 6.45) is 1.36. The quantitative estimate of drug-likeness (QED) is 0.733. The van der Waals surface area contributed by atoms with E-state index >= 15 is 0 Å². The van der Waals surface area contributed by atoms with Crippen molar-refractivity contribution in [1.82, 2.24) is 9.38 Å². The molecule has 20 heavy (non-hydrogen) atoms. The molecule has 3 rings (SSSR count). The highest BCUT2D eigenvalue weighted by Gasteiger charge is 2.08. The van der Waals surface area contributed by atoms with Gasteiger partial charge in [-0.25, -0.2) is 4.98 Å². The van der Waals surface area contributed by atoms with Crippen LogP contribution < -0.4 is 5.56 Å². The molecule has 6 heteroatoms. The first-order valence-electron chi connectivity index (χ1n) is 5.87. The number of carbonyl (C=O) groups is 1. The Morgan fingerprint density at radius 2 is 2.10 bits per heavy atom. The SMILES string of the molecule is O=C(O)Cc1ccc2nc3ccc(Cl)cc3c(=O)n2c1. The third-order valence-corrected chi connectivity index (χ3v) is 3.22. The molecule has 5 nitrogen and oxygen atoms in total. The van der Waals surface area contributed by atoms with Crippen molar-refractivity contribution in [2.75, 3.05) is 0 Å². The Kier molecular flexibility index (Phi) is 2.91. The predicted octanol–water partition coefficient (Wildman–Crippen LogP) is 2.13. The van der Waals surface area contributed by atoms with Gasteiger partial charge in [0.15, 0.2) is 0 Å². The summed E-state index contributed by atoms with van der Waals surface area (Å²) in [5.41, 5.74) is 1.30. The minimum absolute atomic E-state index is 0.143. The van der Waals surface area contributed by atoms with Crippen molar-refractivity contribution in [3.63, 3.8) is 0 Å². The van der Waals surface area contributed by atoms with Gasteiger partial charge in [-0.3, -0.25) is 14.0 Å². The molecule has 0 aliphatic carbocycles. The number of carboxylic acid groups (broad SMARTS) is 1. The smallest absolute Gasteiger partial charge is 0.307 e. The van der Waals surface area contributed by atoms with Crippen LogP contribution in [0.15, 0.2) is 41.3 Å². The van der Waals surface area contributed by atoms with Crippen LogP contribution in [0.1, 0.15) is 5.56 Å². The van der Waals surface area contributed by atoms with Gasteiger partial charge in [-0.15, -0.1) is 0 Å². The van der Waals surface area contributed by atoms with E-state index in [0.717, 1.165) is 0 Å². The maximum absolute atomic E-state index is 12.4. The number of aliphatic carboxylic acids is 1. The van der Waals surface area contributed by atoms with E-state index in [-0.39, 0.29) is 12.0 Å². The maximum atomic E-state index is 12.4. The molecule has 0 radical (unpaired) electrons. The topological polar surface area (TPSA) is 71.7 Å². The Morgan fingerprint density at radius 1 is 1.30 bits per heavy atom. The molecule has 100 valence electrons. The Labute approximate surface area is 118 Å². The monoisotopic (exact) mass is 288 g/mol. The molecule has 0 saturated heterocycles. The van der Waals surface area contributed by atoms with Crippen LogP contribution in [-0.4, -0.2) is 20.5 Å². The minimum Gasteiger partial charge on any atom is -0.481 e. The van der Waals surface area contributed by atoms with Crippen molar-refractivity contribution >= 4 is 34.1 Å². The molecule has 0 atom stereocenters. The number of nitrogens with zero attached hydrogens (tertiary/aromatic N) is 2. The highest BCUT2D eigenvalue weighted by atomic mass is 35.5. The van der Waals surface area contributed by atoms with E-state index in [4.69, 9.17) is 16.7 Å². The van der Waals surface area contributed by atoms with Gasteiger partial charge in [0, 0.05) is 11.2 Å². The van der Waals surface area contributed by atoms with Gasteiger partial charge >= 0.3 is 5.97 Å². The summed E-state index contributed by atoms with van der Waals surface area (Å²) >= 11 is 5.89. The van der Waals surface area contributed by atoms with E-state index in [1.54, 1.807) is 30.3 Å². The van der Waals surface area contributed by atoms with Crippen molar-refractivity contribution in [3.05, 3.63) is 57.5 Å². The van der Waals surface area contributed by atoms with Crippen LogP contribution in [0.3, 0.4) is 0 Å². The second kappa shape index (κ2) is 4.61. The van der Waals surface area contributed by atoms with Crippen LogP contribution in [0.5, 0.6) is 0 Å². The van der Waals surface area contributed by atoms with Gasteiger partial charge in [0.1, 0.15) is 5.65 Å². The van der Waals surface area contributed by atoms with Crippen molar-refractivity contribution in [1.29, 1.82) is 0 Å². The van der Waals surface area contributed by atoms with E-state index in [2.05, 4.69) is 4.98 Å². The molecule has 1 aromatic carbocycles. The third kappa shape index (κ3) is 2.12. The highest BCUT2D eigenvalue weighted by molar-refractivity contribution is 6.31. The molecule has 0 fully saturated rings. The largest absolute Gasteiger partial charge is 0.481 e. The molecular weight excluding hydrogens is 280 g/mol. The summed E-state index contributed by atoms with van der Waals surface area (Å²) in [6.45, 7) is 0. The van der Waals surface area contributed by atoms with Crippen LogP contribution in [0, 0.1) is 0 Å². The zero-order valence-corrected chi connectivity index (χ0v) is 11.0. The van der Waals surface area contributed by atoms with Crippen molar-refractivity contribution < 1.29 is 9.90 Å². The number of halogens is 1. The van der Waals surface area contributed by atoms with Gasteiger partial charge in [0.05, 0.1) is 17.3 Å². The van der Waals surface area contributed by atoms with E-state index < -0.39 is 5.97 Å². The normalized spacial score (nSPS) is 11.1. The average molecular weight is 289 g/mol. The van der Waals surface area contributed by atoms with Crippen molar-refractivity contribution in [2.24, 2.45) is 0 Å². The Balaban J connectivity index is 2.33. The number of pyridine rings is 1. The number of rotatable bonds is 2. The van der Waals surface area contributed by atoms with Crippen LogP contribution >= 0.6 is 11.6 Å². The van der Waals surface area contributed by atoms with Crippen LogP contribution in [0.4, 0.5) is 0 Å². The average Bonchev–Trinajstić information content (AvgIpc) is 2.40. The zero-order valence-electron chi connectivity index (χ0n) is 10.2. The number of hydrogen-bond acceptors (Lipinski definition) is 3. The third-order valence-electron chi connectivity index (χ3n) is 2.99. The molecule has 3 aromatic rings. The van der Waals surface area contributed by atoms with Gasteiger partial charge in [-0.2, -0.15) is 0 Å². The lowest BCUT2D eigenvalue weighted by Crippen LogP contribution is -2.16. The number of fused-ring (bicyclic) bond motifs is 2. The summed E-state index contributed by atoms with van der Waals surface area (Å²) < 4.78 is 1.34. The fraction of sp³-hybridized carbons (Fsp3) is 0.0714. The molecule has 2 heterocycles. The number of carboxylic acids is 1. The minimum atomic E-state index is -0.950. The summed E-state index contributed by atoms with van der Waals surface area (Å²) in [7, 11) is 0. The molecule has 0 saturated carbocycles. The number of benzene rings is 1. The molecule has 0 aliphatic rings. The first-order chi connectivity index (χ1) is 9.54. The summed E-state index contributed by atoms with van der Waals surface area (Å²) in [6, 6.07) is 8.20. The lowest BCUT2D eigenvalue weighted by molar-refractivity contribution is -0.136. The molecule has 0 unspecified atom stereocenters. The lowest BCUT2D eigenvalue weighted by Gasteiger charge is -2.05. The van der Waals surface area contributed by atoms with E-state index in [1.165, 1.54) is 10.6 Å². The standard InChI is InChI=1S/C14H9ClN2O3/c15-9-2-3-11-10(6-9)14(20)17-7-8(5-13(18)19)1-4-12(17)16-11/h1-4,6-7H,5H2,(H,18,19). The van der Waals surface area contributed by atoms with Gasteiger partial charge in [-0.05, 0) is 29.8 Å². The number of aromatic nitrogens is 2. The van der Waals surface area contributed by atoms with Crippen molar-refractivity contribution in [3.8, 4) is 0 Å². The van der Waals surface area contributed by atoms with E-state index in [0.29, 0.717) is 27.1 Å². The fourth-order valence-electron chi connectivity index (χ4n) is 2.10.